The molecule has 0 aliphatic rings. The molecule has 0 aromatic heterocycles. The van der Waals surface area contributed by atoms with Gasteiger partial charge in [-0.25, -0.2) is 8.78 Å². The van der Waals surface area contributed by atoms with E-state index in [0.29, 0.717) is 0 Å². The minimum absolute atomic E-state index is 0.343. The number of rotatable bonds is 3. The molecule has 0 heterocycles. The highest BCUT2D eigenvalue weighted by Gasteiger charge is 2.19. The Morgan fingerprint density at radius 3 is 2.16 bits per heavy atom. The van der Waals surface area contributed by atoms with E-state index < -0.39 is 34.6 Å². The first kappa shape index (κ1) is 15.1. The van der Waals surface area contributed by atoms with E-state index in [9.17, 15) is 18.4 Å². The molecular formula is C13H16F2N2O2. The average molecular weight is 270 g/mol. The maximum atomic E-state index is 13.3. The number of amides is 2. The van der Waals surface area contributed by atoms with Gasteiger partial charge in [-0.2, -0.15) is 0 Å². The van der Waals surface area contributed by atoms with E-state index >= 15 is 0 Å². The molecule has 4 nitrogen and oxygen atoms in total. The van der Waals surface area contributed by atoms with Crippen LogP contribution in [0, 0.1) is 11.6 Å². The van der Waals surface area contributed by atoms with E-state index in [1.54, 1.807) is 20.8 Å². The Morgan fingerprint density at radius 2 is 1.68 bits per heavy atom. The highest BCUT2D eigenvalue weighted by Crippen LogP contribution is 2.11. The highest BCUT2D eigenvalue weighted by molar-refractivity contribution is 5.96. The normalized spacial score (nSPS) is 11.0. The van der Waals surface area contributed by atoms with Gasteiger partial charge in [0.1, 0.15) is 17.2 Å². The summed E-state index contributed by atoms with van der Waals surface area (Å²) in [6, 6.07) is 3.12. The fraction of sp³-hybridized carbons (Fsp3) is 0.385. The van der Waals surface area contributed by atoms with Crippen molar-refractivity contribution in [2.24, 2.45) is 0 Å². The molecule has 0 atom stereocenters. The zero-order valence-corrected chi connectivity index (χ0v) is 11.0. The second kappa shape index (κ2) is 5.77. The van der Waals surface area contributed by atoms with Crippen LogP contribution in [0.4, 0.5) is 8.78 Å². The zero-order chi connectivity index (χ0) is 14.6. The van der Waals surface area contributed by atoms with Crippen LogP contribution < -0.4 is 10.6 Å². The minimum Gasteiger partial charge on any atom is -0.350 e. The van der Waals surface area contributed by atoms with E-state index in [0.717, 1.165) is 18.2 Å². The van der Waals surface area contributed by atoms with Crippen LogP contribution in [0.2, 0.25) is 0 Å². The molecule has 0 unspecified atom stereocenters. The molecule has 19 heavy (non-hydrogen) atoms. The summed E-state index contributed by atoms with van der Waals surface area (Å²) in [4.78, 5) is 23.0. The third-order valence-corrected chi connectivity index (χ3v) is 2.11. The average Bonchev–Trinajstić information content (AvgIpc) is 2.23. The third-order valence-electron chi connectivity index (χ3n) is 2.11. The molecule has 0 spiro atoms. The largest absolute Gasteiger partial charge is 0.350 e. The number of carbonyl (C=O) groups is 2. The Labute approximate surface area is 110 Å². The van der Waals surface area contributed by atoms with Crippen LogP contribution in [0.15, 0.2) is 18.2 Å². The van der Waals surface area contributed by atoms with Crippen LogP contribution in [0.25, 0.3) is 0 Å². The van der Waals surface area contributed by atoms with Crippen LogP contribution in [0.1, 0.15) is 31.1 Å². The molecule has 0 radical (unpaired) electrons. The molecule has 0 aliphatic carbocycles. The Kier molecular flexibility index (Phi) is 4.58. The molecule has 1 aromatic rings. The van der Waals surface area contributed by atoms with Gasteiger partial charge in [0.25, 0.3) is 5.91 Å². The lowest BCUT2D eigenvalue weighted by Crippen LogP contribution is -2.46. The second-order valence-electron chi connectivity index (χ2n) is 5.08. The van der Waals surface area contributed by atoms with Gasteiger partial charge in [-0.3, -0.25) is 9.59 Å². The Balaban J connectivity index is 2.64. The predicted molar refractivity (Wildman–Crippen MR) is 66.6 cm³/mol. The monoisotopic (exact) mass is 270 g/mol. The van der Waals surface area contributed by atoms with Crippen LogP contribution in [0.3, 0.4) is 0 Å². The summed E-state index contributed by atoms with van der Waals surface area (Å²) in [5.74, 6) is -3.32. The smallest absolute Gasteiger partial charge is 0.257 e. The van der Waals surface area contributed by atoms with Crippen molar-refractivity contribution >= 4 is 11.8 Å². The van der Waals surface area contributed by atoms with Gasteiger partial charge in [-0.1, -0.05) is 6.07 Å². The first-order chi connectivity index (χ1) is 8.70. The zero-order valence-electron chi connectivity index (χ0n) is 11.0. The standard InChI is InChI=1S/C13H16F2N2O2/c1-13(2,3)17-10(18)7-16-12(19)11-8(14)5-4-6-9(11)15/h4-6H,7H2,1-3H3,(H,16,19)(H,17,18). The summed E-state index contributed by atoms with van der Waals surface area (Å²) in [6.45, 7) is 5.00. The highest BCUT2D eigenvalue weighted by atomic mass is 19.1. The first-order valence-electron chi connectivity index (χ1n) is 5.74. The lowest BCUT2D eigenvalue weighted by Gasteiger charge is -2.20. The minimum atomic E-state index is -0.964. The van der Waals surface area contributed by atoms with Crippen molar-refractivity contribution in [1.82, 2.24) is 10.6 Å². The van der Waals surface area contributed by atoms with Crippen molar-refractivity contribution in [2.75, 3.05) is 6.54 Å². The molecule has 2 N–H and O–H groups in total. The van der Waals surface area contributed by atoms with Gasteiger partial charge in [0.05, 0.1) is 6.54 Å². The Morgan fingerprint density at radius 1 is 1.16 bits per heavy atom. The molecule has 2 amide bonds. The first-order valence-corrected chi connectivity index (χ1v) is 5.74. The van der Waals surface area contributed by atoms with Crippen LogP contribution in [0.5, 0.6) is 0 Å². The van der Waals surface area contributed by atoms with E-state index in [2.05, 4.69) is 10.6 Å². The van der Waals surface area contributed by atoms with Crippen molar-refractivity contribution in [3.05, 3.63) is 35.4 Å². The molecular weight excluding hydrogens is 254 g/mol. The van der Waals surface area contributed by atoms with Crippen LogP contribution in [-0.4, -0.2) is 23.9 Å². The maximum Gasteiger partial charge on any atom is 0.257 e. The van der Waals surface area contributed by atoms with Gasteiger partial charge in [0, 0.05) is 5.54 Å². The number of benzene rings is 1. The summed E-state index contributed by atoms with van der Waals surface area (Å²) >= 11 is 0. The van der Waals surface area contributed by atoms with Crippen LogP contribution >= 0.6 is 0 Å². The van der Waals surface area contributed by atoms with E-state index in [1.165, 1.54) is 0 Å². The van der Waals surface area contributed by atoms with Gasteiger partial charge < -0.3 is 10.6 Å². The fourth-order valence-corrected chi connectivity index (χ4v) is 1.43. The molecule has 104 valence electrons. The third kappa shape index (κ3) is 4.65. The molecule has 0 saturated carbocycles. The van der Waals surface area contributed by atoms with Crippen molar-refractivity contribution in [2.45, 2.75) is 26.3 Å². The molecule has 1 rings (SSSR count). The topological polar surface area (TPSA) is 58.2 Å². The van der Waals surface area contributed by atoms with E-state index in [4.69, 9.17) is 0 Å². The molecule has 0 bridgehead atoms. The molecule has 0 aliphatic heterocycles. The summed E-state index contributed by atoms with van der Waals surface area (Å²) in [7, 11) is 0. The fourth-order valence-electron chi connectivity index (χ4n) is 1.43. The van der Waals surface area contributed by atoms with E-state index in [1.807, 2.05) is 0 Å². The number of hydrogen-bond acceptors (Lipinski definition) is 2. The Bertz CT molecular complexity index is 476. The molecule has 6 heteroatoms. The summed E-state index contributed by atoms with van der Waals surface area (Å²) in [5.41, 5.74) is -1.13. The Hall–Kier alpha value is -1.98. The van der Waals surface area contributed by atoms with Crippen molar-refractivity contribution < 1.29 is 18.4 Å². The SMILES string of the molecule is CC(C)(C)NC(=O)CNC(=O)c1c(F)cccc1F. The quantitative estimate of drug-likeness (QED) is 0.876. The van der Waals surface area contributed by atoms with Gasteiger partial charge in [0.2, 0.25) is 5.91 Å². The second-order valence-corrected chi connectivity index (χ2v) is 5.08. The summed E-state index contributed by atoms with van der Waals surface area (Å²) in [6.07, 6.45) is 0. The van der Waals surface area contributed by atoms with Crippen molar-refractivity contribution in [3.63, 3.8) is 0 Å². The summed E-state index contributed by atoms with van der Waals surface area (Å²) in [5, 5.41) is 4.79. The molecule has 1 aromatic carbocycles. The molecule has 0 saturated heterocycles. The van der Waals surface area contributed by atoms with Gasteiger partial charge >= 0.3 is 0 Å². The van der Waals surface area contributed by atoms with Crippen LogP contribution in [-0.2, 0) is 4.79 Å². The van der Waals surface area contributed by atoms with Gasteiger partial charge in [-0.05, 0) is 32.9 Å². The van der Waals surface area contributed by atoms with Gasteiger partial charge in [-0.15, -0.1) is 0 Å². The lowest BCUT2D eigenvalue weighted by atomic mass is 10.1. The van der Waals surface area contributed by atoms with E-state index in [-0.39, 0.29) is 6.54 Å². The number of halogens is 2. The maximum absolute atomic E-state index is 13.3. The predicted octanol–water partition coefficient (Wildman–Crippen LogP) is 1.61. The van der Waals surface area contributed by atoms with Crippen molar-refractivity contribution in [1.29, 1.82) is 0 Å². The summed E-state index contributed by atoms with van der Waals surface area (Å²) < 4.78 is 26.6. The number of carbonyl (C=O) groups excluding carboxylic acids is 2. The number of hydrogen-bond donors (Lipinski definition) is 2. The van der Waals surface area contributed by atoms with Gasteiger partial charge in [0.15, 0.2) is 0 Å². The van der Waals surface area contributed by atoms with Crippen molar-refractivity contribution in [3.8, 4) is 0 Å². The molecule has 0 fully saturated rings. The lowest BCUT2D eigenvalue weighted by molar-refractivity contribution is -0.121. The number of nitrogens with one attached hydrogen (secondary N) is 2.